The molecule has 0 radical (unpaired) electrons. The van der Waals surface area contributed by atoms with Gasteiger partial charge in [-0.2, -0.15) is 0 Å². The van der Waals surface area contributed by atoms with Gasteiger partial charge in [0.25, 0.3) is 0 Å². The quantitative estimate of drug-likeness (QED) is 0.594. The van der Waals surface area contributed by atoms with Crippen molar-refractivity contribution in [1.82, 2.24) is 25.0 Å². The summed E-state index contributed by atoms with van der Waals surface area (Å²) < 4.78 is 13.1. The Hall–Kier alpha value is -2.06. The molecule has 0 saturated heterocycles. The largest absolute Gasteiger partial charge is 0.486 e. The van der Waals surface area contributed by atoms with E-state index in [0.717, 1.165) is 23.2 Å². The monoisotopic (exact) mass is 365 g/mol. The fraction of sp³-hybridized carbons (Fsp3) is 0.333. The van der Waals surface area contributed by atoms with Gasteiger partial charge in [0.15, 0.2) is 11.0 Å². The summed E-state index contributed by atoms with van der Waals surface area (Å²) in [6, 6.07) is 7.19. The minimum atomic E-state index is 0.326. The number of benzene rings is 1. The van der Waals surface area contributed by atoms with Crippen LogP contribution in [0, 0.1) is 0 Å². The van der Waals surface area contributed by atoms with Crippen LogP contribution in [0.1, 0.15) is 24.5 Å². The van der Waals surface area contributed by atoms with Gasteiger partial charge in [-0.1, -0.05) is 30.3 Å². The number of halogens is 1. The molecule has 0 N–H and O–H groups in total. The summed E-state index contributed by atoms with van der Waals surface area (Å²) in [5.41, 5.74) is 0. The van der Waals surface area contributed by atoms with Crippen molar-refractivity contribution in [2.24, 2.45) is 7.05 Å². The Morgan fingerprint density at radius 2 is 1.88 bits per heavy atom. The highest BCUT2D eigenvalue weighted by atomic mass is 35.5. The molecular weight excluding hydrogens is 350 g/mol. The minimum Gasteiger partial charge on any atom is -0.486 e. The first-order chi connectivity index (χ1) is 11.7. The molecule has 3 rings (SSSR count). The lowest BCUT2D eigenvalue weighted by molar-refractivity contribution is 0.290. The Bertz CT molecular complexity index is 803. The van der Waals surface area contributed by atoms with Crippen LogP contribution >= 0.6 is 23.4 Å². The highest BCUT2D eigenvalue weighted by Gasteiger charge is 2.12. The number of aryl methyl sites for hydroxylation is 1. The van der Waals surface area contributed by atoms with Crippen LogP contribution in [-0.4, -0.2) is 25.0 Å². The number of aromatic nitrogens is 5. The fourth-order valence-electron chi connectivity index (χ4n) is 1.89. The number of thioether (sulfide) groups is 1. The third-order valence-electron chi connectivity index (χ3n) is 3.24. The zero-order valence-electron chi connectivity index (χ0n) is 13.3. The molecule has 2 heterocycles. The number of nitrogens with zero attached hydrogens (tertiary/aromatic N) is 5. The van der Waals surface area contributed by atoms with Crippen LogP contribution in [0.25, 0.3) is 0 Å². The highest BCUT2D eigenvalue weighted by Crippen LogP contribution is 2.21. The van der Waals surface area contributed by atoms with Crippen molar-refractivity contribution in [2.45, 2.75) is 30.9 Å². The van der Waals surface area contributed by atoms with Gasteiger partial charge < -0.3 is 13.7 Å². The number of ether oxygens (including phenoxy) is 1. The normalized spacial score (nSPS) is 11.0. The second-order valence-electron chi connectivity index (χ2n) is 4.93. The molecular formula is C15H16ClN5O2S. The highest BCUT2D eigenvalue weighted by molar-refractivity contribution is 7.98. The molecule has 0 atom stereocenters. The summed E-state index contributed by atoms with van der Waals surface area (Å²) in [6.07, 6.45) is 0.730. The number of rotatable bonds is 7. The molecule has 0 aliphatic carbocycles. The average Bonchev–Trinajstić information content (AvgIpc) is 3.19. The molecule has 24 heavy (non-hydrogen) atoms. The van der Waals surface area contributed by atoms with E-state index in [1.807, 2.05) is 30.7 Å². The molecule has 126 valence electrons. The van der Waals surface area contributed by atoms with Gasteiger partial charge in [-0.15, -0.1) is 20.4 Å². The van der Waals surface area contributed by atoms with E-state index in [4.69, 9.17) is 20.8 Å². The molecule has 0 saturated carbocycles. The van der Waals surface area contributed by atoms with Crippen molar-refractivity contribution < 1.29 is 9.15 Å². The van der Waals surface area contributed by atoms with Crippen molar-refractivity contribution in [2.75, 3.05) is 0 Å². The van der Waals surface area contributed by atoms with E-state index in [2.05, 4.69) is 20.4 Å². The summed E-state index contributed by atoms with van der Waals surface area (Å²) in [6.45, 7) is 2.30. The Morgan fingerprint density at radius 3 is 2.58 bits per heavy atom. The Kier molecular flexibility index (Phi) is 5.37. The van der Waals surface area contributed by atoms with Crippen LogP contribution in [0.3, 0.4) is 0 Å². The smallest absolute Gasteiger partial charge is 0.226 e. The molecule has 0 spiro atoms. The van der Waals surface area contributed by atoms with Gasteiger partial charge in [0.05, 0.1) is 5.75 Å². The lowest BCUT2D eigenvalue weighted by Crippen LogP contribution is -2.04. The predicted octanol–water partition coefficient (Wildman–Crippen LogP) is 3.29. The Labute approximate surface area is 148 Å². The van der Waals surface area contributed by atoms with Gasteiger partial charge in [0, 0.05) is 18.5 Å². The van der Waals surface area contributed by atoms with Gasteiger partial charge in [0.1, 0.15) is 12.4 Å². The van der Waals surface area contributed by atoms with Crippen LogP contribution in [-0.2, 0) is 25.8 Å². The van der Waals surface area contributed by atoms with Crippen molar-refractivity contribution >= 4 is 23.4 Å². The third kappa shape index (κ3) is 4.07. The standard InChI is InChI=1S/C15H16ClN5O2S/c1-3-13-18-19-14(23-13)9-24-15-20-17-12(21(15)2)8-22-11-6-4-10(16)5-7-11/h4-7H,3,8-9H2,1-2H3. The van der Waals surface area contributed by atoms with Gasteiger partial charge >= 0.3 is 0 Å². The molecule has 1 aromatic carbocycles. The first kappa shape index (κ1) is 16.8. The van der Waals surface area contributed by atoms with E-state index in [0.29, 0.717) is 29.2 Å². The van der Waals surface area contributed by atoms with Crippen molar-refractivity contribution in [3.63, 3.8) is 0 Å². The minimum absolute atomic E-state index is 0.326. The van der Waals surface area contributed by atoms with Gasteiger partial charge in [-0.05, 0) is 24.3 Å². The summed E-state index contributed by atoms with van der Waals surface area (Å²) in [7, 11) is 1.90. The van der Waals surface area contributed by atoms with E-state index < -0.39 is 0 Å². The van der Waals surface area contributed by atoms with E-state index in [1.165, 1.54) is 11.8 Å². The van der Waals surface area contributed by atoms with Crippen LogP contribution in [0.5, 0.6) is 5.75 Å². The summed E-state index contributed by atoms with van der Waals surface area (Å²) >= 11 is 7.34. The number of hydrogen-bond acceptors (Lipinski definition) is 7. The Balaban J connectivity index is 1.57. The summed E-state index contributed by atoms with van der Waals surface area (Å²) in [5.74, 6) is 3.23. The molecule has 2 aromatic heterocycles. The van der Waals surface area contributed by atoms with Gasteiger partial charge in [0.2, 0.25) is 11.8 Å². The van der Waals surface area contributed by atoms with Gasteiger partial charge in [-0.3, -0.25) is 0 Å². The van der Waals surface area contributed by atoms with E-state index >= 15 is 0 Å². The molecule has 0 fully saturated rings. The van der Waals surface area contributed by atoms with E-state index in [1.54, 1.807) is 12.1 Å². The first-order valence-corrected chi connectivity index (χ1v) is 8.72. The van der Waals surface area contributed by atoms with Crippen LogP contribution in [0.2, 0.25) is 5.02 Å². The van der Waals surface area contributed by atoms with Crippen molar-refractivity contribution in [3.8, 4) is 5.75 Å². The zero-order valence-corrected chi connectivity index (χ0v) is 14.8. The molecule has 7 nitrogen and oxygen atoms in total. The lowest BCUT2D eigenvalue weighted by atomic mass is 10.3. The second-order valence-corrected chi connectivity index (χ2v) is 6.31. The third-order valence-corrected chi connectivity index (χ3v) is 4.50. The molecule has 0 unspecified atom stereocenters. The maximum Gasteiger partial charge on any atom is 0.226 e. The van der Waals surface area contributed by atoms with Crippen molar-refractivity contribution in [1.29, 1.82) is 0 Å². The molecule has 0 aliphatic rings. The van der Waals surface area contributed by atoms with E-state index in [9.17, 15) is 0 Å². The van der Waals surface area contributed by atoms with Crippen LogP contribution < -0.4 is 4.74 Å². The fourth-order valence-corrected chi connectivity index (χ4v) is 2.78. The topological polar surface area (TPSA) is 78.9 Å². The molecule has 9 heteroatoms. The average molecular weight is 366 g/mol. The maximum atomic E-state index is 5.85. The molecule has 0 amide bonds. The summed E-state index contributed by atoms with van der Waals surface area (Å²) in [4.78, 5) is 0. The van der Waals surface area contributed by atoms with Crippen molar-refractivity contribution in [3.05, 3.63) is 46.9 Å². The van der Waals surface area contributed by atoms with Gasteiger partial charge in [-0.25, -0.2) is 0 Å². The van der Waals surface area contributed by atoms with Crippen LogP contribution in [0.4, 0.5) is 0 Å². The van der Waals surface area contributed by atoms with Crippen LogP contribution in [0.15, 0.2) is 33.8 Å². The van der Waals surface area contributed by atoms with E-state index in [-0.39, 0.29) is 0 Å². The zero-order chi connectivity index (χ0) is 16.9. The predicted molar refractivity (Wildman–Crippen MR) is 90.0 cm³/mol. The maximum absolute atomic E-state index is 5.85. The first-order valence-electron chi connectivity index (χ1n) is 7.36. The molecule has 3 aromatic rings. The molecule has 0 bridgehead atoms. The summed E-state index contributed by atoms with van der Waals surface area (Å²) in [5, 5.41) is 17.7. The number of hydrogen-bond donors (Lipinski definition) is 0. The lowest BCUT2D eigenvalue weighted by Gasteiger charge is -2.06. The SMILES string of the molecule is CCc1nnc(CSc2nnc(COc3ccc(Cl)cc3)n2C)o1. The molecule has 0 aliphatic heterocycles. The second kappa shape index (κ2) is 7.67. The Morgan fingerprint density at radius 1 is 1.12 bits per heavy atom.